The van der Waals surface area contributed by atoms with Crippen LogP contribution in [0.1, 0.15) is 0 Å². The Labute approximate surface area is 62.9 Å². The molecule has 1 aromatic heterocycles. The zero-order chi connectivity index (χ0) is 8.43. The van der Waals surface area contributed by atoms with E-state index in [4.69, 9.17) is 10.4 Å². The molecule has 3 N–H and O–H groups in total. The van der Waals surface area contributed by atoms with Gasteiger partial charge in [-0.2, -0.15) is 0 Å². The number of aromatic nitrogens is 2. The molecular weight excluding hydrogens is 148 g/mol. The average molecular weight is 158 g/mol. The number of rotatable bonds is 1. The highest BCUT2D eigenvalue weighted by Crippen LogP contribution is 1.95. The number of nitrogens with one attached hydrogen (secondary N) is 1. The van der Waals surface area contributed by atoms with Gasteiger partial charge in [-0.05, 0) is 0 Å². The van der Waals surface area contributed by atoms with Crippen LogP contribution in [-0.2, 0) is 0 Å². The van der Waals surface area contributed by atoms with Gasteiger partial charge in [-0.15, -0.1) is 0 Å². The quantitative estimate of drug-likeness (QED) is 0.475. The molecule has 11 heavy (non-hydrogen) atoms. The molecule has 62 valence electrons. The molecule has 0 aliphatic heterocycles. The third-order valence-electron chi connectivity index (χ3n) is 1.35. The largest absolute Gasteiger partial charge is 0.411 e. The van der Waals surface area contributed by atoms with Gasteiger partial charge in [0.15, 0.2) is 0 Å². The van der Waals surface area contributed by atoms with E-state index >= 15 is 0 Å². The summed E-state index contributed by atoms with van der Waals surface area (Å²) in [7, 11) is 3.19. The fourth-order valence-corrected chi connectivity index (χ4v) is 0.819. The van der Waals surface area contributed by atoms with Crippen LogP contribution in [0.3, 0.4) is 0 Å². The van der Waals surface area contributed by atoms with Gasteiger partial charge in [0.1, 0.15) is 5.69 Å². The lowest BCUT2D eigenvalue weighted by molar-refractivity contribution is -0.0167. The van der Waals surface area contributed by atoms with Gasteiger partial charge in [0.2, 0.25) is 5.49 Å². The van der Waals surface area contributed by atoms with E-state index in [0.717, 1.165) is 0 Å². The first-order chi connectivity index (χ1) is 5.20. The normalized spacial score (nSPS) is 12.0. The minimum atomic E-state index is 0.273. The minimum absolute atomic E-state index is 0.273. The molecule has 1 heterocycles. The van der Waals surface area contributed by atoms with E-state index in [1.54, 1.807) is 7.05 Å². The summed E-state index contributed by atoms with van der Waals surface area (Å²) < 4.78 is 0. The van der Waals surface area contributed by atoms with E-state index in [1.165, 1.54) is 13.2 Å². The molecular formula is C5H10N4O2. The molecule has 6 nitrogen and oxygen atoms in total. The minimum Gasteiger partial charge on any atom is -0.411 e. The van der Waals surface area contributed by atoms with Crippen molar-refractivity contribution in [2.24, 2.45) is 4.99 Å². The van der Waals surface area contributed by atoms with E-state index in [-0.39, 0.29) is 5.49 Å². The molecule has 0 spiro atoms. The molecule has 0 saturated carbocycles. The Morgan fingerprint density at radius 3 is 2.55 bits per heavy atom. The Balaban J connectivity index is 3.40. The topological polar surface area (TPSA) is 74.7 Å². The molecule has 0 bridgehead atoms. The Morgan fingerprint density at radius 2 is 2.18 bits per heavy atom. The highest BCUT2D eigenvalue weighted by atomic mass is 16.6. The molecule has 0 amide bonds. The van der Waals surface area contributed by atoms with Gasteiger partial charge in [-0.1, -0.05) is 9.69 Å². The van der Waals surface area contributed by atoms with Gasteiger partial charge in [-0.3, -0.25) is 4.99 Å². The lowest BCUT2D eigenvalue weighted by Crippen LogP contribution is -2.21. The predicted molar refractivity (Wildman–Crippen MR) is 37.8 cm³/mol. The van der Waals surface area contributed by atoms with Gasteiger partial charge in [0, 0.05) is 14.1 Å². The second-order valence-corrected chi connectivity index (χ2v) is 1.95. The Hall–Kier alpha value is -1.59. The molecule has 0 fully saturated rings. The van der Waals surface area contributed by atoms with Gasteiger partial charge in [0.25, 0.3) is 0 Å². The first-order valence-corrected chi connectivity index (χ1v) is 3.04. The summed E-state index contributed by atoms with van der Waals surface area (Å²) in [6, 6.07) is 0. The molecule has 1 rings (SSSR count). The van der Waals surface area contributed by atoms with Crippen molar-refractivity contribution in [2.75, 3.05) is 19.4 Å². The Kier molecular flexibility index (Phi) is 1.75. The van der Waals surface area contributed by atoms with Crippen LogP contribution in [-0.4, -0.2) is 34.2 Å². The van der Waals surface area contributed by atoms with E-state index in [9.17, 15) is 0 Å². The second-order valence-electron chi connectivity index (χ2n) is 1.95. The molecule has 0 saturated heterocycles. The van der Waals surface area contributed by atoms with E-state index in [0.29, 0.717) is 15.4 Å². The first-order valence-electron chi connectivity index (χ1n) is 3.04. The maximum Gasteiger partial charge on any atom is 0.211 e. The van der Waals surface area contributed by atoms with Crippen LogP contribution in [0.4, 0.5) is 5.69 Å². The van der Waals surface area contributed by atoms with Crippen molar-refractivity contribution >= 4 is 5.69 Å². The van der Waals surface area contributed by atoms with Gasteiger partial charge in [0.05, 0.1) is 6.20 Å². The summed E-state index contributed by atoms with van der Waals surface area (Å²) in [5.41, 5.74) is 0.826. The Bertz CT molecular complexity index is 311. The summed E-state index contributed by atoms with van der Waals surface area (Å²) in [5.74, 6) is 0. The van der Waals surface area contributed by atoms with Crippen LogP contribution < -0.4 is 10.8 Å². The molecule has 0 aliphatic rings. The van der Waals surface area contributed by atoms with Crippen molar-refractivity contribution in [3.05, 3.63) is 11.7 Å². The smallest absolute Gasteiger partial charge is 0.211 e. The van der Waals surface area contributed by atoms with Gasteiger partial charge >= 0.3 is 0 Å². The third kappa shape index (κ3) is 1.02. The summed E-state index contributed by atoms with van der Waals surface area (Å²) in [6.07, 6.45) is 1.31. The van der Waals surface area contributed by atoms with Gasteiger partial charge in [-0.25, -0.2) is 0 Å². The molecule has 0 aliphatic carbocycles. The van der Waals surface area contributed by atoms with Gasteiger partial charge < -0.3 is 15.7 Å². The fourth-order valence-electron chi connectivity index (χ4n) is 0.819. The number of anilines is 1. The van der Waals surface area contributed by atoms with Crippen molar-refractivity contribution in [1.29, 1.82) is 0 Å². The fraction of sp³-hybridized carbons (Fsp3) is 0.400. The third-order valence-corrected chi connectivity index (χ3v) is 1.35. The predicted octanol–water partition coefficient (Wildman–Crippen LogP) is -0.664. The van der Waals surface area contributed by atoms with E-state index < -0.39 is 0 Å². The molecule has 0 aromatic carbocycles. The molecule has 0 unspecified atom stereocenters. The van der Waals surface area contributed by atoms with Crippen molar-refractivity contribution in [1.82, 2.24) is 9.69 Å². The summed E-state index contributed by atoms with van der Waals surface area (Å²) in [5, 5.41) is 20.7. The maximum absolute atomic E-state index is 9.05. The van der Waals surface area contributed by atoms with Crippen LogP contribution in [0.5, 0.6) is 0 Å². The van der Waals surface area contributed by atoms with Crippen molar-refractivity contribution in [3.8, 4) is 0 Å². The van der Waals surface area contributed by atoms with Crippen molar-refractivity contribution < 1.29 is 10.4 Å². The molecule has 6 heteroatoms. The lowest BCUT2D eigenvalue weighted by atomic mass is 10.5. The lowest BCUT2D eigenvalue weighted by Gasteiger charge is -1.93. The molecule has 0 radical (unpaired) electrons. The number of hydrogen-bond acceptors (Lipinski definition) is 4. The van der Waals surface area contributed by atoms with Crippen LogP contribution in [0, 0.1) is 0 Å². The number of hydrogen-bond donors (Lipinski definition) is 3. The summed E-state index contributed by atoms with van der Waals surface area (Å²) in [6.45, 7) is 0. The van der Waals surface area contributed by atoms with E-state index in [1.807, 2.05) is 0 Å². The second kappa shape index (κ2) is 2.57. The van der Waals surface area contributed by atoms with Crippen molar-refractivity contribution in [2.45, 2.75) is 0 Å². The molecule has 0 atom stereocenters. The Morgan fingerprint density at radius 1 is 1.55 bits per heavy atom. The maximum atomic E-state index is 9.05. The zero-order valence-electron chi connectivity index (χ0n) is 6.31. The monoisotopic (exact) mass is 158 g/mol. The van der Waals surface area contributed by atoms with Crippen LogP contribution in [0.25, 0.3) is 0 Å². The highest BCUT2D eigenvalue weighted by molar-refractivity contribution is 5.36. The molecule has 1 aromatic rings. The van der Waals surface area contributed by atoms with Crippen molar-refractivity contribution in [3.63, 3.8) is 0 Å². The average Bonchev–Trinajstić information content (AvgIpc) is 2.28. The highest BCUT2D eigenvalue weighted by Gasteiger charge is 2.03. The first kappa shape index (κ1) is 7.52. The zero-order valence-corrected chi connectivity index (χ0v) is 6.31. The summed E-state index contributed by atoms with van der Waals surface area (Å²) in [4.78, 5) is 4.80. The SMILES string of the molecule is CN=c1c(NC)cn(O)n1O. The summed E-state index contributed by atoms with van der Waals surface area (Å²) >= 11 is 0. The van der Waals surface area contributed by atoms with Crippen LogP contribution in [0.15, 0.2) is 11.2 Å². The van der Waals surface area contributed by atoms with E-state index in [2.05, 4.69) is 10.3 Å². The van der Waals surface area contributed by atoms with Crippen LogP contribution >= 0.6 is 0 Å². The number of nitrogens with zero attached hydrogens (tertiary/aromatic N) is 3. The van der Waals surface area contributed by atoms with Crippen LogP contribution in [0.2, 0.25) is 0 Å². The standard InChI is InChI=1S/C5H10N4O2/c1-6-4-3-8(10)9(11)5(4)7-2/h3,6,10-11H,1-2H3.